The Bertz CT molecular complexity index is 1320. The van der Waals surface area contributed by atoms with E-state index in [0.717, 1.165) is 15.1 Å². The molecule has 2 aliphatic heterocycles. The van der Waals surface area contributed by atoms with E-state index in [1.807, 2.05) is 27.7 Å². The molecule has 4 rings (SSSR count). The summed E-state index contributed by atoms with van der Waals surface area (Å²) in [7, 11) is -3.54. The Balaban J connectivity index is 1.62. The third kappa shape index (κ3) is 4.52. The third-order valence-corrected chi connectivity index (χ3v) is 8.68. The van der Waals surface area contributed by atoms with Crippen molar-refractivity contribution in [2.24, 2.45) is 4.40 Å². The lowest BCUT2D eigenvalue weighted by Gasteiger charge is -2.32. The number of hydrogen-bond donors (Lipinski definition) is 1. The molecule has 8 nitrogen and oxygen atoms in total. The summed E-state index contributed by atoms with van der Waals surface area (Å²) in [5.74, 6) is -1.36. The molecular weight excluding hydrogens is 504 g/mol. The Labute approximate surface area is 206 Å². The van der Waals surface area contributed by atoms with Crippen molar-refractivity contribution in [1.29, 1.82) is 0 Å². The van der Waals surface area contributed by atoms with Crippen molar-refractivity contribution in [2.75, 3.05) is 12.4 Å². The van der Waals surface area contributed by atoms with Crippen LogP contribution in [-0.4, -0.2) is 49.7 Å². The van der Waals surface area contributed by atoms with Crippen LogP contribution in [-0.2, 0) is 24.3 Å². The summed E-state index contributed by atoms with van der Waals surface area (Å²) in [5.41, 5.74) is -0.884. The van der Waals surface area contributed by atoms with Crippen LogP contribution in [0.15, 0.2) is 46.5 Å². The van der Waals surface area contributed by atoms with Gasteiger partial charge in [-0.2, -0.15) is 8.42 Å². The highest BCUT2D eigenvalue weighted by Crippen LogP contribution is 2.37. The second-order valence-electron chi connectivity index (χ2n) is 8.82. The van der Waals surface area contributed by atoms with Crippen LogP contribution >= 0.6 is 22.9 Å². The monoisotopic (exact) mass is 525 g/mol. The van der Waals surface area contributed by atoms with Gasteiger partial charge in [-0.3, -0.25) is 4.79 Å². The van der Waals surface area contributed by atoms with Gasteiger partial charge in [0, 0.05) is 17.5 Å². The van der Waals surface area contributed by atoms with Crippen molar-refractivity contribution in [2.45, 2.75) is 38.9 Å². The molecule has 13 heteroatoms. The van der Waals surface area contributed by atoms with Crippen LogP contribution < -0.4 is 10.1 Å². The number of carbonyl (C=O) groups excluding carboxylic acids is 1. The maximum Gasteiger partial charge on any atom is 0.505 e. The van der Waals surface area contributed by atoms with E-state index in [0.29, 0.717) is 4.88 Å². The largest absolute Gasteiger partial charge is 0.505 e. The molecular formula is C21H22BClFN3O5S2. The fraction of sp³-hybridized carbons (Fsp3) is 0.333. The number of allylic oxidation sites excluding steroid dienone is 1. The molecule has 1 N–H and O–H groups in total. The standard InChI is InChI=1S/C21H22BClFN3O5S2/c1-20(2)21(3,4)32-22(31-20)18-9-8-17(33-18)15-11-16(27(5)34(29,30)26-15)19(28)25-12-6-7-14(24)13(23)10-12/h6-11H,1-5H3,(H,25,28). The lowest BCUT2D eigenvalue weighted by Crippen LogP contribution is -2.41. The second-order valence-corrected chi connectivity index (χ2v) is 12.0. The van der Waals surface area contributed by atoms with E-state index < -0.39 is 40.3 Å². The summed E-state index contributed by atoms with van der Waals surface area (Å²) in [4.78, 5) is 13.4. The quantitative estimate of drug-likeness (QED) is 0.618. The first-order chi connectivity index (χ1) is 15.7. The maximum absolute atomic E-state index is 13.4. The summed E-state index contributed by atoms with van der Waals surface area (Å²) in [6, 6.07) is 7.14. The van der Waals surface area contributed by atoms with E-state index in [1.54, 1.807) is 12.1 Å². The number of hydrogen-bond acceptors (Lipinski definition) is 6. The molecule has 34 heavy (non-hydrogen) atoms. The van der Waals surface area contributed by atoms with Crippen molar-refractivity contribution >= 4 is 62.3 Å². The van der Waals surface area contributed by atoms with Crippen LogP contribution in [0.25, 0.3) is 0 Å². The molecule has 2 aromatic rings. The van der Waals surface area contributed by atoms with Gasteiger partial charge in [-0.1, -0.05) is 17.7 Å². The Kier molecular flexibility index (Phi) is 6.18. The van der Waals surface area contributed by atoms with Crippen LogP contribution in [0.2, 0.25) is 5.02 Å². The Morgan fingerprint density at radius 2 is 1.82 bits per heavy atom. The topological polar surface area (TPSA) is 97.3 Å². The zero-order chi connectivity index (χ0) is 25.1. The summed E-state index contributed by atoms with van der Waals surface area (Å²) in [6.07, 6.45) is 1.38. The number of benzene rings is 1. The molecule has 0 spiro atoms. The Morgan fingerprint density at radius 3 is 2.44 bits per heavy atom. The number of nitrogens with one attached hydrogen (secondary N) is 1. The molecule has 0 bridgehead atoms. The molecule has 3 heterocycles. The van der Waals surface area contributed by atoms with E-state index in [9.17, 15) is 17.6 Å². The van der Waals surface area contributed by atoms with Crippen molar-refractivity contribution in [1.82, 2.24) is 4.31 Å². The predicted molar refractivity (Wildman–Crippen MR) is 131 cm³/mol. The molecule has 180 valence electrons. The minimum atomic E-state index is -4.16. The SMILES string of the molecule is CN1C(C(=O)Nc2ccc(F)c(Cl)c2)=CC(c2ccc(B3OC(C)(C)C(C)(C)O3)s2)=NS1(=O)=O. The summed E-state index contributed by atoms with van der Waals surface area (Å²) < 4.78 is 56.2. The molecule has 1 aromatic carbocycles. The molecule has 0 radical (unpaired) electrons. The van der Waals surface area contributed by atoms with E-state index in [1.165, 1.54) is 36.6 Å². The number of rotatable bonds is 4. The molecule has 1 amide bonds. The van der Waals surface area contributed by atoms with E-state index in [-0.39, 0.29) is 22.1 Å². The van der Waals surface area contributed by atoms with Gasteiger partial charge in [0.05, 0.1) is 26.8 Å². The van der Waals surface area contributed by atoms with Gasteiger partial charge in [-0.25, -0.2) is 8.70 Å². The maximum atomic E-state index is 13.4. The van der Waals surface area contributed by atoms with Crippen molar-refractivity contribution in [3.05, 3.63) is 57.8 Å². The zero-order valence-electron chi connectivity index (χ0n) is 19.0. The van der Waals surface area contributed by atoms with Crippen molar-refractivity contribution < 1.29 is 26.9 Å². The number of halogens is 2. The first-order valence-corrected chi connectivity index (χ1v) is 12.8. The van der Waals surface area contributed by atoms with Gasteiger partial charge in [0.25, 0.3) is 5.91 Å². The van der Waals surface area contributed by atoms with Crippen LogP contribution in [0.4, 0.5) is 10.1 Å². The zero-order valence-corrected chi connectivity index (χ0v) is 21.4. The van der Waals surface area contributed by atoms with Gasteiger partial charge in [-0.05, 0) is 58.0 Å². The molecule has 1 fully saturated rings. The Hall–Kier alpha value is -2.25. The molecule has 1 aromatic heterocycles. The highest BCUT2D eigenvalue weighted by atomic mass is 35.5. The van der Waals surface area contributed by atoms with E-state index in [4.69, 9.17) is 20.9 Å². The lowest BCUT2D eigenvalue weighted by molar-refractivity contribution is -0.113. The molecule has 0 unspecified atom stereocenters. The molecule has 0 saturated carbocycles. The average Bonchev–Trinajstić information content (AvgIpc) is 3.29. The first kappa shape index (κ1) is 24.9. The highest BCUT2D eigenvalue weighted by Gasteiger charge is 2.52. The summed E-state index contributed by atoms with van der Waals surface area (Å²) >= 11 is 7.03. The van der Waals surface area contributed by atoms with Gasteiger partial charge in [-0.15, -0.1) is 15.7 Å². The predicted octanol–water partition coefficient (Wildman–Crippen LogP) is 3.34. The van der Waals surface area contributed by atoms with Gasteiger partial charge >= 0.3 is 17.3 Å². The number of carbonyl (C=O) groups is 1. The molecule has 2 aliphatic rings. The number of anilines is 1. The summed E-state index contributed by atoms with van der Waals surface area (Å²) in [5, 5.41) is 2.36. The fourth-order valence-corrected chi connectivity index (χ4v) is 5.30. The van der Waals surface area contributed by atoms with Gasteiger partial charge in [0.2, 0.25) is 0 Å². The third-order valence-electron chi connectivity index (χ3n) is 5.95. The lowest BCUT2D eigenvalue weighted by atomic mass is 9.88. The smallest absolute Gasteiger partial charge is 0.399 e. The van der Waals surface area contributed by atoms with Crippen LogP contribution in [0.3, 0.4) is 0 Å². The van der Waals surface area contributed by atoms with E-state index >= 15 is 0 Å². The van der Waals surface area contributed by atoms with Gasteiger partial charge in [0.15, 0.2) is 0 Å². The minimum Gasteiger partial charge on any atom is -0.399 e. The Morgan fingerprint density at radius 1 is 1.18 bits per heavy atom. The number of likely N-dealkylation sites (N-methyl/N-ethyl adjacent to an activating group) is 1. The number of nitrogens with zero attached hydrogens (tertiary/aromatic N) is 2. The van der Waals surface area contributed by atoms with Crippen molar-refractivity contribution in [3.8, 4) is 0 Å². The minimum absolute atomic E-state index is 0.105. The summed E-state index contributed by atoms with van der Waals surface area (Å²) in [6.45, 7) is 7.77. The first-order valence-electron chi connectivity index (χ1n) is 10.2. The molecule has 1 saturated heterocycles. The van der Waals surface area contributed by atoms with E-state index in [2.05, 4.69) is 9.71 Å². The average molecular weight is 526 g/mol. The van der Waals surface area contributed by atoms with Crippen LogP contribution in [0, 0.1) is 5.82 Å². The highest BCUT2D eigenvalue weighted by molar-refractivity contribution is 7.88. The van der Waals surface area contributed by atoms with Gasteiger partial charge in [0.1, 0.15) is 11.5 Å². The molecule has 0 atom stereocenters. The second kappa shape index (κ2) is 8.45. The van der Waals surface area contributed by atoms with Crippen LogP contribution in [0.5, 0.6) is 0 Å². The van der Waals surface area contributed by atoms with Crippen LogP contribution in [0.1, 0.15) is 32.6 Å². The number of thiophene rings is 1. The fourth-order valence-electron chi connectivity index (χ4n) is 3.23. The normalized spacial score (nSPS) is 20.7. The number of amides is 1. The van der Waals surface area contributed by atoms with Crippen molar-refractivity contribution in [3.63, 3.8) is 0 Å². The van der Waals surface area contributed by atoms with Gasteiger partial charge < -0.3 is 14.6 Å². The molecule has 0 aliphatic carbocycles.